The Morgan fingerprint density at radius 2 is 1.90 bits per heavy atom. The predicted octanol–water partition coefficient (Wildman–Crippen LogP) is 2.43. The van der Waals surface area contributed by atoms with E-state index in [0.717, 1.165) is 30.5 Å². The van der Waals surface area contributed by atoms with Gasteiger partial charge in [0.1, 0.15) is 0 Å². The fourth-order valence-corrected chi connectivity index (χ4v) is 3.40. The van der Waals surface area contributed by atoms with E-state index >= 15 is 0 Å². The van der Waals surface area contributed by atoms with Crippen LogP contribution in [0.25, 0.3) is 0 Å². The van der Waals surface area contributed by atoms with Crippen molar-refractivity contribution in [2.75, 3.05) is 18.4 Å². The Hall–Kier alpha value is -2.04. The molecule has 2 amide bonds. The van der Waals surface area contributed by atoms with E-state index < -0.39 is 6.09 Å². The number of carbonyl (C=O) groups excluding carboxylic acids is 1. The van der Waals surface area contributed by atoms with Crippen molar-refractivity contribution in [3.05, 3.63) is 29.8 Å². The summed E-state index contributed by atoms with van der Waals surface area (Å²) in [5.74, 6) is 0.0509. The van der Waals surface area contributed by atoms with E-state index in [1.54, 1.807) is 0 Å². The van der Waals surface area contributed by atoms with Gasteiger partial charge in [-0.05, 0) is 30.9 Å². The number of nitrogens with zero attached hydrogens (tertiary/aromatic N) is 1. The molecule has 20 heavy (non-hydrogen) atoms. The topological polar surface area (TPSA) is 69.6 Å². The molecular weight excluding hydrogens is 256 g/mol. The van der Waals surface area contributed by atoms with Crippen molar-refractivity contribution in [1.29, 1.82) is 0 Å². The largest absolute Gasteiger partial charge is 0.465 e. The summed E-state index contributed by atoms with van der Waals surface area (Å²) in [5, 5.41) is 12.0. The standard InChI is InChI=1S/C15H18N2O3/c18-13-5-6-15(7-9-17(10-8-15)14(19)20)11-3-1-2-4-12(11)16-13/h1-4H,5-10H2,(H,16,18)(H,19,20). The molecule has 1 spiro atoms. The number of hydrogen-bond donors (Lipinski definition) is 2. The van der Waals surface area contributed by atoms with Gasteiger partial charge in [-0.3, -0.25) is 4.79 Å². The molecular formula is C15H18N2O3. The van der Waals surface area contributed by atoms with Gasteiger partial charge in [0.2, 0.25) is 5.91 Å². The van der Waals surface area contributed by atoms with Crippen LogP contribution in [-0.2, 0) is 10.2 Å². The van der Waals surface area contributed by atoms with Gasteiger partial charge in [-0.25, -0.2) is 4.79 Å². The number of fused-ring (bicyclic) bond motifs is 2. The third kappa shape index (κ3) is 2.13. The minimum absolute atomic E-state index is 0.0509. The summed E-state index contributed by atoms with van der Waals surface area (Å²) in [6.45, 7) is 1.08. The van der Waals surface area contributed by atoms with Crippen LogP contribution in [0, 0.1) is 0 Å². The molecule has 0 atom stereocenters. The maximum absolute atomic E-state index is 11.8. The van der Waals surface area contributed by atoms with Gasteiger partial charge in [0.05, 0.1) is 0 Å². The lowest BCUT2D eigenvalue weighted by molar-refractivity contribution is -0.116. The lowest BCUT2D eigenvalue weighted by Crippen LogP contribution is -2.44. The van der Waals surface area contributed by atoms with Gasteiger partial charge in [-0.2, -0.15) is 0 Å². The van der Waals surface area contributed by atoms with Crippen LogP contribution in [-0.4, -0.2) is 35.1 Å². The summed E-state index contributed by atoms with van der Waals surface area (Å²) in [4.78, 5) is 24.3. The van der Waals surface area contributed by atoms with Gasteiger partial charge >= 0.3 is 6.09 Å². The Labute approximate surface area is 117 Å². The third-order valence-corrected chi connectivity index (χ3v) is 4.59. The van der Waals surface area contributed by atoms with Crippen LogP contribution in [0.3, 0.4) is 0 Å². The zero-order valence-corrected chi connectivity index (χ0v) is 11.3. The number of anilines is 1. The summed E-state index contributed by atoms with van der Waals surface area (Å²) in [6.07, 6.45) is 2.01. The van der Waals surface area contributed by atoms with Crippen molar-refractivity contribution in [1.82, 2.24) is 4.90 Å². The average Bonchev–Trinajstić information content (AvgIpc) is 2.58. The zero-order valence-electron chi connectivity index (χ0n) is 11.3. The van der Waals surface area contributed by atoms with Crippen LogP contribution in [0.2, 0.25) is 0 Å². The van der Waals surface area contributed by atoms with E-state index in [4.69, 9.17) is 5.11 Å². The summed E-state index contributed by atoms with van der Waals surface area (Å²) in [7, 11) is 0. The molecule has 2 aliphatic heterocycles. The van der Waals surface area contributed by atoms with Crippen LogP contribution < -0.4 is 5.32 Å². The fourth-order valence-electron chi connectivity index (χ4n) is 3.40. The highest BCUT2D eigenvalue weighted by molar-refractivity contribution is 5.92. The van der Waals surface area contributed by atoms with E-state index in [1.165, 1.54) is 4.90 Å². The number of carboxylic acid groups (broad SMARTS) is 1. The van der Waals surface area contributed by atoms with Crippen LogP contribution in [0.1, 0.15) is 31.2 Å². The number of para-hydroxylation sites is 1. The molecule has 3 rings (SSSR count). The van der Waals surface area contributed by atoms with Gasteiger partial charge in [-0.1, -0.05) is 18.2 Å². The van der Waals surface area contributed by atoms with E-state index in [1.807, 2.05) is 18.2 Å². The molecule has 2 heterocycles. The monoisotopic (exact) mass is 274 g/mol. The summed E-state index contributed by atoms with van der Waals surface area (Å²) in [5.41, 5.74) is 1.98. The Kier molecular flexibility index (Phi) is 3.12. The normalized spacial score (nSPS) is 21.0. The summed E-state index contributed by atoms with van der Waals surface area (Å²) < 4.78 is 0. The lowest BCUT2D eigenvalue weighted by Gasteiger charge is -2.41. The number of carbonyl (C=O) groups is 2. The van der Waals surface area contributed by atoms with Gasteiger partial charge < -0.3 is 15.3 Å². The van der Waals surface area contributed by atoms with Gasteiger partial charge in [0, 0.05) is 30.6 Å². The molecule has 0 aromatic heterocycles. The molecule has 1 aromatic carbocycles. The quantitative estimate of drug-likeness (QED) is 0.763. The van der Waals surface area contributed by atoms with E-state index in [9.17, 15) is 9.59 Å². The number of amides is 2. The smallest absolute Gasteiger partial charge is 0.407 e. The molecule has 2 N–H and O–H groups in total. The molecule has 0 aliphatic carbocycles. The van der Waals surface area contributed by atoms with E-state index in [-0.39, 0.29) is 11.3 Å². The second-order valence-corrected chi connectivity index (χ2v) is 5.64. The SMILES string of the molecule is O=C1CCC2(CCN(C(=O)O)CC2)c2ccccc2N1. The minimum atomic E-state index is -0.851. The first-order chi connectivity index (χ1) is 9.61. The highest BCUT2D eigenvalue weighted by atomic mass is 16.4. The van der Waals surface area contributed by atoms with Crippen LogP contribution in [0.5, 0.6) is 0 Å². The highest BCUT2D eigenvalue weighted by Gasteiger charge is 2.40. The van der Waals surface area contributed by atoms with Crippen molar-refractivity contribution >= 4 is 17.7 Å². The average molecular weight is 274 g/mol. The molecule has 1 saturated heterocycles. The molecule has 1 aromatic rings. The number of likely N-dealkylation sites (tertiary alicyclic amines) is 1. The third-order valence-electron chi connectivity index (χ3n) is 4.59. The molecule has 2 aliphatic rings. The summed E-state index contributed by atoms with van der Waals surface area (Å²) >= 11 is 0. The number of piperidine rings is 1. The number of nitrogens with one attached hydrogen (secondary N) is 1. The van der Waals surface area contributed by atoms with Crippen molar-refractivity contribution in [2.45, 2.75) is 31.1 Å². The van der Waals surface area contributed by atoms with Crippen molar-refractivity contribution in [3.63, 3.8) is 0 Å². The molecule has 0 radical (unpaired) electrons. The zero-order chi connectivity index (χ0) is 14.2. The van der Waals surface area contributed by atoms with Crippen LogP contribution >= 0.6 is 0 Å². The Balaban J connectivity index is 1.94. The van der Waals surface area contributed by atoms with Crippen molar-refractivity contribution < 1.29 is 14.7 Å². The first-order valence-electron chi connectivity index (χ1n) is 6.98. The Bertz CT molecular complexity index is 548. The Morgan fingerprint density at radius 3 is 2.60 bits per heavy atom. The first-order valence-corrected chi connectivity index (χ1v) is 6.98. The van der Waals surface area contributed by atoms with Crippen molar-refractivity contribution in [2.24, 2.45) is 0 Å². The minimum Gasteiger partial charge on any atom is -0.465 e. The van der Waals surface area contributed by atoms with Gasteiger partial charge in [0.15, 0.2) is 0 Å². The second kappa shape index (κ2) is 4.81. The predicted molar refractivity (Wildman–Crippen MR) is 74.8 cm³/mol. The van der Waals surface area contributed by atoms with Crippen LogP contribution in [0.4, 0.5) is 10.5 Å². The highest BCUT2D eigenvalue weighted by Crippen LogP contribution is 2.44. The number of rotatable bonds is 0. The van der Waals surface area contributed by atoms with Crippen LogP contribution in [0.15, 0.2) is 24.3 Å². The Morgan fingerprint density at radius 1 is 1.20 bits per heavy atom. The van der Waals surface area contributed by atoms with Gasteiger partial charge in [-0.15, -0.1) is 0 Å². The number of benzene rings is 1. The fraction of sp³-hybridized carbons (Fsp3) is 0.467. The molecule has 5 heteroatoms. The number of hydrogen-bond acceptors (Lipinski definition) is 2. The molecule has 1 fully saturated rings. The first kappa shape index (κ1) is 13.0. The molecule has 106 valence electrons. The van der Waals surface area contributed by atoms with Crippen molar-refractivity contribution in [3.8, 4) is 0 Å². The summed E-state index contributed by atoms with van der Waals surface area (Å²) in [6, 6.07) is 7.91. The lowest BCUT2D eigenvalue weighted by atomic mass is 9.70. The maximum atomic E-state index is 11.8. The van der Waals surface area contributed by atoms with Gasteiger partial charge in [0.25, 0.3) is 0 Å². The molecule has 0 unspecified atom stereocenters. The second-order valence-electron chi connectivity index (χ2n) is 5.64. The van der Waals surface area contributed by atoms with E-state index in [0.29, 0.717) is 19.5 Å². The molecule has 0 saturated carbocycles. The molecule has 5 nitrogen and oxygen atoms in total. The van der Waals surface area contributed by atoms with E-state index in [2.05, 4.69) is 11.4 Å². The maximum Gasteiger partial charge on any atom is 0.407 e. The molecule has 0 bridgehead atoms.